The number of halogens is 2. The molecule has 6 nitrogen and oxygen atoms in total. The number of nitrogens with zero attached hydrogens (tertiary/aromatic N) is 1. The molecule has 0 bridgehead atoms. The number of nitrogens with one attached hydrogen (secondary N) is 1. The van der Waals surface area contributed by atoms with Gasteiger partial charge in [0.1, 0.15) is 0 Å². The number of hydrogen-bond acceptors (Lipinski definition) is 5. The van der Waals surface area contributed by atoms with Crippen LogP contribution in [-0.2, 0) is 25.3 Å². The predicted octanol–water partition coefficient (Wildman–Crippen LogP) is 3.89. The number of sulfonamides is 1. The highest BCUT2D eigenvalue weighted by molar-refractivity contribution is 7.99. The zero-order valence-electron chi connectivity index (χ0n) is 15.4. The van der Waals surface area contributed by atoms with Crippen LogP contribution < -0.4 is 5.32 Å². The van der Waals surface area contributed by atoms with Gasteiger partial charge in [0.15, 0.2) is 0 Å². The Hall–Kier alpha value is -1.29. The molecule has 1 fully saturated rings. The quantitative estimate of drug-likeness (QED) is 0.658. The summed E-state index contributed by atoms with van der Waals surface area (Å²) >= 11 is 13.6. The second-order valence-electron chi connectivity index (χ2n) is 6.28. The van der Waals surface area contributed by atoms with E-state index in [1.54, 1.807) is 30.3 Å². The molecule has 0 aliphatic carbocycles. The molecule has 0 aromatic heterocycles. The number of amides is 1. The molecule has 2 aromatic rings. The van der Waals surface area contributed by atoms with Crippen LogP contribution in [0.15, 0.2) is 47.4 Å². The van der Waals surface area contributed by atoms with Crippen LogP contribution in [-0.4, -0.2) is 50.7 Å². The van der Waals surface area contributed by atoms with E-state index in [0.717, 1.165) is 5.56 Å². The number of carbonyl (C=O) groups excluding carboxylic acids is 1. The van der Waals surface area contributed by atoms with E-state index >= 15 is 0 Å². The average molecular weight is 475 g/mol. The first kappa shape index (κ1) is 22.4. The van der Waals surface area contributed by atoms with Crippen LogP contribution in [0, 0.1) is 0 Å². The highest BCUT2D eigenvalue weighted by atomic mass is 35.5. The largest absolute Gasteiger partial charge is 0.379 e. The Bertz CT molecular complexity index is 942. The molecule has 0 atom stereocenters. The fourth-order valence-corrected chi connectivity index (χ4v) is 5.73. The van der Waals surface area contributed by atoms with Gasteiger partial charge in [0.25, 0.3) is 0 Å². The Morgan fingerprint density at radius 2 is 1.69 bits per heavy atom. The molecule has 0 saturated carbocycles. The number of benzene rings is 2. The second-order valence-corrected chi connectivity index (χ2v) is 10.0. The van der Waals surface area contributed by atoms with Crippen molar-refractivity contribution in [1.82, 2.24) is 4.31 Å². The molecule has 0 spiro atoms. The number of hydrogen-bond donors (Lipinski definition) is 1. The zero-order chi connectivity index (χ0) is 20.9. The van der Waals surface area contributed by atoms with Gasteiger partial charge in [-0.3, -0.25) is 4.79 Å². The Balaban J connectivity index is 1.53. The lowest BCUT2D eigenvalue weighted by Crippen LogP contribution is -2.40. The standard InChI is InChI=1S/C19H20Cl2N2O4S2/c20-17-2-1-3-18(21)16(17)12-28-13-19(24)22-14-4-6-15(7-5-14)29(25,26)23-8-10-27-11-9-23/h1-7H,8-13H2,(H,22,24). The van der Waals surface area contributed by atoms with E-state index < -0.39 is 10.0 Å². The van der Waals surface area contributed by atoms with Crippen LogP contribution in [0.3, 0.4) is 0 Å². The van der Waals surface area contributed by atoms with Gasteiger partial charge in [-0.15, -0.1) is 11.8 Å². The van der Waals surface area contributed by atoms with Gasteiger partial charge in [0, 0.05) is 34.6 Å². The maximum absolute atomic E-state index is 12.6. The number of ether oxygens (including phenoxy) is 1. The molecule has 3 rings (SSSR count). The first-order valence-corrected chi connectivity index (χ1v) is 12.2. The summed E-state index contributed by atoms with van der Waals surface area (Å²) in [6, 6.07) is 11.5. The number of carbonyl (C=O) groups is 1. The summed E-state index contributed by atoms with van der Waals surface area (Å²) in [6.45, 7) is 1.47. The van der Waals surface area contributed by atoms with E-state index in [0.29, 0.717) is 47.8 Å². The van der Waals surface area contributed by atoms with Crippen molar-refractivity contribution in [2.45, 2.75) is 10.6 Å². The van der Waals surface area contributed by atoms with Crippen molar-refractivity contribution < 1.29 is 17.9 Å². The predicted molar refractivity (Wildman–Crippen MR) is 117 cm³/mol. The third-order valence-electron chi connectivity index (χ3n) is 4.29. The van der Waals surface area contributed by atoms with E-state index in [-0.39, 0.29) is 16.6 Å². The van der Waals surface area contributed by atoms with Crippen LogP contribution >= 0.6 is 35.0 Å². The normalized spacial score (nSPS) is 15.2. The highest BCUT2D eigenvalue weighted by Crippen LogP contribution is 2.28. The van der Waals surface area contributed by atoms with E-state index in [9.17, 15) is 13.2 Å². The molecule has 2 aromatic carbocycles. The lowest BCUT2D eigenvalue weighted by atomic mass is 10.2. The molecule has 0 unspecified atom stereocenters. The molecule has 1 heterocycles. The zero-order valence-corrected chi connectivity index (χ0v) is 18.6. The van der Waals surface area contributed by atoms with Crippen molar-refractivity contribution >= 4 is 56.6 Å². The number of morpholine rings is 1. The Morgan fingerprint density at radius 1 is 1.07 bits per heavy atom. The van der Waals surface area contributed by atoms with Crippen molar-refractivity contribution in [2.75, 3.05) is 37.4 Å². The summed E-state index contributed by atoms with van der Waals surface area (Å²) < 4.78 is 31.8. The van der Waals surface area contributed by atoms with Crippen LogP contribution in [0.5, 0.6) is 0 Å². The summed E-state index contributed by atoms with van der Waals surface area (Å²) in [5.74, 6) is 0.542. The monoisotopic (exact) mass is 474 g/mol. The first-order chi connectivity index (χ1) is 13.9. The van der Waals surface area contributed by atoms with Gasteiger partial charge in [0.2, 0.25) is 15.9 Å². The van der Waals surface area contributed by atoms with Crippen LogP contribution in [0.25, 0.3) is 0 Å². The minimum atomic E-state index is -3.55. The molecule has 1 aliphatic rings. The molecule has 1 N–H and O–H groups in total. The molecule has 29 heavy (non-hydrogen) atoms. The van der Waals surface area contributed by atoms with Crippen molar-refractivity contribution in [3.05, 3.63) is 58.1 Å². The summed E-state index contributed by atoms with van der Waals surface area (Å²) in [7, 11) is -3.55. The van der Waals surface area contributed by atoms with Crippen LogP contribution in [0.4, 0.5) is 5.69 Å². The lowest BCUT2D eigenvalue weighted by Gasteiger charge is -2.26. The third-order valence-corrected chi connectivity index (χ3v) is 7.87. The second kappa shape index (κ2) is 10.1. The van der Waals surface area contributed by atoms with E-state index in [4.69, 9.17) is 27.9 Å². The van der Waals surface area contributed by atoms with Gasteiger partial charge >= 0.3 is 0 Å². The van der Waals surface area contributed by atoms with E-state index in [2.05, 4.69) is 5.32 Å². The van der Waals surface area contributed by atoms with Gasteiger partial charge in [-0.1, -0.05) is 29.3 Å². The van der Waals surface area contributed by atoms with Crippen molar-refractivity contribution in [1.29, 1.82) is 0 Å². The number of thioether (sulfide) groups is 1. The molecular weight excluding hydrogens is 455 g/mol. The lowest BCUT2D eigenvalue weighted by molar-refractivity contribution is -0.113. The minimum absolute atomic E-state index is 0.193. The van der Waals surface area contributed by atoms with Crippen molar-refractivity contribution in [3.8, 4) is 0 Å². The molecular formula is C19H20Cl2N2O4S2. The smallest absolute Gasteiger partial charge is 0.243 e. The molecule has 1 aliphatic heterocycles. The Labute approximate surface area is 184 Å². The summed E-state index contributed by atoms with van der Waals surface area (Å²) in [4.78, 5) is 12.4. The van der Waals surface area contributed by atoms with Crippen LogP contribution in [0.1, 0.15) is 5.56 Å². The molecule has 156 valence electrons. The average Bonchev–Trinajstić information content (AvgIpc) is 2.71. The minimum Gasteiger partial charge on any atom is -0.379 e. The molecule has 1 amide bonds. The van der Waals surface area contributed by atoms with Crippen LogP contribution in [0.2, 0.25) is 10.0 Å². The van der Waals surface area contributed by atoms with Crippen molar-refractivity contribution in [2.24, 2.45) is 0 Å². The van der Waals surface area contributed by atoms with Gasteiger partial charge in [-0.2, -0.15) is 4.31 Å². The van der Waals surface area contributed by atoms with Gasteiger partial charge in [-0.05, 0) is 42.0 Å². The molecule has 10 heteroatoms. The van der Waals surface area contributed by atoms with E-state index in [1.807, 2.05) is 0 Å². The molecule has 0 radical (unpaired) electrons. The summed E-state index contributed by atoms with van der Waals surface area (Å²) in [5.41, 5.74) is 1.33. The van der Waals surface area contributed by atoms with Crippen molar-refractivity contribution in [3.63, 3.8) is 0 Å². The number of rotatable bonds is 7. The summed E-state index contributed by atoms with van der Waals surface area (Å²) in [6.07, 6.45) is 0. The Kier molecular flexibility index (Phi) is 7.84. The third kappa shape index (κ3) is 5.87. The van der Waals surface area contributed by atoms with Gasteiger partial charge < -0.3 is 10.1 Å². The fraction of sp³-hybridized carbons (Fsp3) is 0.316. The fourth-order valence-electron chi connectivity index (χ4n) is 2.76. The summed E-state index contributed by atoms with van der Waals surface area (Å²) in [5, 5.41) is 3.90. The maximum Gasteiger partial charge on any atom is 0.243 e. The number of anilines is 1. The first-order valence-electron chi connectivity index (χ1n) is 8.86. The Morgan fingerprint density at radius 3 is 2.31 bits per heavy atom. The molecule has 1 saturated heterocycles. The van der Waals surface area contributed by atoms with E-state index in [1.165, 1.54) is 28.2 Å². The van der Waals surface area contributed by atoms with Gasteiger partial charge in [-0.25, -0.2) is 8.42 Å². The maximum atomic E-state index is 12.6. The SMILES string of the molecule is O=C(CSCc1c(Cl)cccc1Cl)Nc1ccc(S(=O)(=O)N2CCOCC2)cc1. The van der Waals surface area contributed by atoms with Gasteiger partial charge in [0.05, 0.1) is 23.9 Å². The topological polar surface area (TPSA) is 75.7 Å². The highest BCUT2D eigenvalue weighted by Gasteiger charge is 2.26.